The highest BCUT2D eigenvalue weighted by molar-refractivity contribution is 14.1. The van der Waals surface area contributed by atoms with Crippen molar-refractivity contribution in [2.24, 2.45) is 5.92 Å². The molecule has 1 fully saturated rings. The predicted molar refractivity (Wildman–Crippen MR) is 78.4 cm³/mol. The Kier molecular flexibility index (Phi) is 4.84. The van der Waals surface area contributed by atoms with Crippen molar-refractivity contribution in [1.29, 1.82) is 0 Å². The minimum absolute atomic E-state index is 0.157. The number of alkyl halides is 1. The SMILES string of the molecule is O=C(NCC1CCCC1Cl)c1ccc(F)cc1I. The number of benzene rings is 1. The third-order valence-corrected chi connectivity index (χ3v) is 4.73. The Labute approximate surface area is 124 Å². The van der Waals surface area contributed by atoms with Crippen LogP contribution in [0.5, 0.6) is 0 Å². The molecule has 2 atom stereocenters. The van der Waals surface area contributed by atoms with Crippen molar-refractivity contribution >= 4 is 40.1 Å². The van der Waals surface area contributed by atoms with Crippen LogP contribution in [-0.4, -0.2) is 17.8 Å². The molecule has 1 aliphatic carbocycles. The molecule has 2 rings (SSSR count). The lowest BCUT2D eigenvalue weighted by molar-refractivity contribution is 0.0946. The molecular weight excluding hydrogens is 368 g/mol. The van der Waals surface area contributed by atoms with Crippen LogP contribution in [0.25, 0.3) is 0 Å². The summed E-state index contributed by atoms with van der Waals surface area (Å²) in [7, 11) is 0. The molecule has 0 spiro atoms. The normalized spacial score (nSPS) is 23.1. The summed E-state index contributed by atoms with van der Waals surface area (Å²) in [4.78, 5) is 12.0. The number of amides is 1. The Bertz CT molecular complexity index is 455. The van der Waals surface area contributed by atoms with Gasteiger partial charge in [-0.05, 0) is 59.5 Å². The van der Waals surface area contributed by atoms with Crippen LogP contribution in [0.1, 0.15) is 29.6 Å². The van der Waals surface area contributed by atoms with Crippen LogP contribution >= 0.6 is 34.2 Å². The maximum absolute atomic E-state index is 12.9. The van der Waals surface area contributed by atoms with E-state index >= 15 is 0 Å². The zero-order valence-electron chi connectivity index (χ0n) is 9.76. The first kappa shape index (κ1) is 14.1. The second kappa shape index (κ2) is 6.19. The van der Waals surface area contributed by atoms with Gasteiger partial charge in [0, 0.05) is 15.5 Å². The second-order valence-electron chi connectivity index (χ2n) is 4.54. The largest absolute Gasteiger partial charge is 0.352 e. The molecule has 2 unspecified atom stereocenters. The number of carbonyl (C=O) groups excluding carboxylic acids is 1. The minimum Gasteiger partial charge on any atom is -0.352 e. The van der Waals surface area contributed by atoms with Crippen LogP contribution in [-0.2, 0) is 0 Å². The lowest BCUT2D eigenvalue weighted by Crippen LogP contribution is -2.31. The van der Waals surface area contributed by atoms with E-state index < -0.39 is 0 Å². The summed E-state index contributed by atoms with van der Waals surface area (Å²) in [6.45, 7) is 0.598. The van der Waals surface area contributed by atoms with E-state index in [4.69, 9.17) is 11.6 Å². The van der Waals surface area contributed by atoms with Crippen molar-refractivity contribution in [3.8, 4) is 0 Å². The number of halogens is 3. The van der Waals surface area contributed by atoms with E-state index in [1.165, 1.54) is 18.2 Å². The number of hydrogen-bond acceptors (Lipinski definition) is 1. The molecule has 1 aliphatic rings. The summed E-state index contributed by atoms with van der Waals surface area (Å²) in [6.07, 6.45) is 3.22. The molecule has 1 amide bonds. The maximum Gasteiger partial charge on any atom is 0.252 e. The zero-order valence-corrected chi connectivity index (χ0v) is 12.7. The van der Waals surface area contributed by atoms with Gasteiger partial charge in [0.25, 0.3) is 5.91 Å². The fourth-order valence-corrected chi connectivity index (χ4v) is 3.31. The third kappa shape index (κ3) is 3.35. The molecular formula is C13H14ClFINO. The van der Waals surface area contributed by atoms with Gasteiger partial charge in [-0.25, -0.2) is 4.39 Å². The lowest BCUT2D eigenvalue weighted by Gasteiger charge is -2.14. The number of rotatable bonds is 3. The van der Waals surface area contributed by atoms with Gasteiger partial charge in [0.15, 0.2) is 0 Å². The van der Waals surface area contributed by atoms with Gasteiger partial charge in [0.2, 0.25) is 0 Å². The molecule has 0 bridgehead atoms. The molecule has 0 aromatic heterocycles. The zero-order chi connectivity index (χ0) is 13.1. The Morgan fingerprint density at radius 1 is 1.50 bits per heavy atom. The highest BCUT2D eigenvalue weighted by Crippen LogP contribution is 2.29. The molecule has 0 saturated heterocycles. The van der Waals surface area contributed by atoms with Crippen LogP contribution in [0, 0.1) is 15.3 Å². The van der Waals surface area contributed by atoms with Crippen molar-refractivity contribution < 1.29 is 9.18 Å². The van der Waals surface area contributed by atoms with Gasteiger partial charge in [-0.15, -0.1) is 11.6 Å². The van der Waals surface area contributed by atoms with E-state index in [2.05, 4.69) is 5.32 Å². The minimum atomic E-state index is -0.326. The van der Waals surface area contributed by atoms with Gasteiger partial charge in [0.1, 0.15) is 5.82 Å². The van der Waals surface area contributed by atoms with E-state index in [0.29, 0.717) is 21.6 Å². The first-order chi connectivity index (χ1) is 8.58. The van der Waals surface area contributed by atoms with Crippen LogP contribution in [0.4, 0.5) is 4.39 Å². The Morgan fingerprint density at radius 3 is 2.89 bits per heavy atom. The molecule has 2 nitrogen and oxygen atoms in total. The molecule has 5 heteroatoms. The predicted octanol–water partition coefficient (Wildman–Crippen LogP) is 3.57. The monoisotopic (exact) mass is 381 g/mol. The summed E-state index contributed by atoms with van der Waals surface area (Å²) >= 11 is 8.12. The Morgan fingerprint density at radius 2 is 2.28 bits per heavy atom. The van der Waals surface area contributed by atoms with E-state index in [1.54, 1.807) is 0 Å². The van der Waals surface area contributed by atoms with Crippen molar-refractivity contribution in [2.75, 3.05) is 6.54 Å². The standard InChI is InChI=1S/C13H14ClFINO/c14-11-3-1-2-8(11)7-17-13(18)10-5-4-9(15)6-12(10)16/h4-6,8,11H,1-3,7H2,(H,17,18). The third-order valence-electron chi connectivity index (χ3n) is 3.27. The van der Waals surface area contributed by atoms with Gasteiger partial charge in [0.05, 0.1) is 5.56 Å². The molecule has 18 heavy (non-hydrogen) atoms. The highest BCUT2D eigenvalue weighted by Gasteiger charge is 2.25. The molecule has 98 valence electrons. The van der Waals surface area contributed by atoms with E-state index in [0.717, 1.165) is 19.3 Å². The summed E-state index contributed by atoms with van der Waals surface area (Å²) in [6, 6.07) is 4.17. The molecule has 1 saturated carbocycles. The van der Waals surface area contributed by atoms with Crippen LogP contribution < -0.4 is 5.32 Å². The van der Waals surface area contributed by atoms with Gasteiger partial charge < -0.3 is 5.32 Å². The van der Waals surface area contributed by atoms with Crippen molar-refractivity contribution in [3.63, 3.8) is 0 Å². The molecule has 1 aromatic carbocycles. The van der Waals surface area contributed by atoms with Gasteiger partial charge in [-0.2, -0.15) is 0 Å². The topological polar surface area (TPSA) is 29.1 Å². The summed E-state index contributed by atoms with van der Waals surface area (Å²) in [5, 5.41) is 3.05. The second-order valence-corrected chi connectivity index (χ2v) is 6.26. The van der Waals surface area contributed by atoms with Crippen molar-refractivity contribution in [3.05, 3.63) is 33.1 Å². The first-order valence-electron chi connectivity index (χ1n) is 5.95. The smallest absolute Gasteiger partial charge is 0.252 e. The fraction of sp³-hybridized carbons (Fsp3) is 0.462. The van der Waals surface area contributed by atoms with E-state index in [-0.39, 0.29) is 17.1 Å². The van der Waals surface area contributed by atoms with E-state index in [1.807, 2.05) is 22.6 Å². The molecule has 0 heterocycles. The summed E-state index contributed by atoms with van der Waals surface area (Å²) < 4.78 is 13.6. The van der Waals surface area contributed by atoms with Crippen molar-refractivity contribution in [2.45, 2.75) is 24.6 Å². The van der Waals surface area contributed by atoms with Gasteiger partial charge >= 0.3 is 0 Å². The summed E-state index contributed by atoms with van der Waals surface area (Å²) in [5.41, 5.74) is 0.515. The van der Waals surface area contributed by atoms with E-state index in [9.17, 15) is 9.18 Å². The lowest BCUT2D eigenvalue weighted by atomic mass is 10.1. The molecule has 1 aromatic rings. The average molecular weight is 382 g/mol. The molecule has 0 radical (unpaired) electrons. The van der Waals surface area contributed by atoms with Crippen LogP contribution in [0.15, 0.2) is 18.2 Å². The van der Waals surface area contributed by atoms with Crippen LogP contribution in [0.3, 0.4) is 0 Å². The molecule has 0 aliphatic heterocycles. The first-order valence-corrected chi connectivity index (χ1v) is 7.47. The Hall–Kier alpha value is -0.360. The van der Waals surface area contributed by atoms with Crippen LogP contribution in [0.2, 0.25) is 0 Å². The highest BCUT2D eigenvalue weighted by atomic mass is 127. The number of carbonyl (C=O) groups is 1. The van der Waals surface area contributed by atoms with Crippen molar-refractivity contribution in [1.82, 2.24) is 5.32 Å². The quantitative estimate of drug-likeness (QED) is 0.629. The fourth-order valence-electron chi connectivity index (χ4n) is 2.21. The van der Waals surface area contributed by atoms with Gasteiger partial charge in [-0.1, -0.05) is 6.42 Å². The maximum atomic E-state index is 12.9. The van der Waals surface area contributed by atoms with Gasteiger partial charge in [-0.3, -0.25) is 4.79 Å². The molecule has 1 N–H and O–H groups in total. The summed E-state index contributed by atoms with van der Waals surface area (Å²) in [5.74, 6) is -0.128. The Balaban J connectivity index is 1.95. The number of nitrogens with one attached hydrogen (secondary N) is 1. The average Bonchev–Trinajstić information content (AvgIpc) is 2.72. The number of hydrogen-bond donors (Lipinski definition) is 1.